The fourth-order valence-corrected chi connectivity index (χ4v) is 4.11. The molecular formula is C25H31ClN2O6. The molecule has 1 saturated heterocycles. The minimum absolute atomic E-state index is 0.0240. The number of hydrogen-bond donors (Lipinski definition) is 2. The predicted octanol–water partition coefficient (Wildman–Crippen LogP) is 4.52. The van der Waals surface area contributed by atoms with E-state index in [9.17, 15) is 19.8 Å². The molecule has 0 aliphatic carbocycles. The second kappa shape index (κ2) is 12.5. The van der Waals surface area contributed by atoms with Crippen LogP contribution in [0.25, 0.3) is 0 Å². The maximum atomic E-state index is 12.9. The number of carbonyl (C=O) groups is 2. The van der Waals surface area contributed by atoms with Crippen molar-refractivity contribution in [2.75, 3.05) is 19.7 Å². The zero-order valence-corrected chi connectivity index (χ0v) is 20.1. The number of phenols is 2. The quantitative estimate of drug-likeness (QED) is 0.366. The number of amides is 1. The van der Waals surface area contributed by atoms with E-state index in [-0.39, 0.29) is 40.8 Å². The van der Waals surface area contributed by atoms with Crippen LogP contribution in [0, 0.1) is 0 Å². The molecule has 3 rings (SSSR count). The molecule has 0 aromatic heterocycles. The summed E-state index contributed by atoms with van der Waals surface area (Å²) in [6.07, 6.45) is 12.3. The van der Waals surface area contributed by atoms with E-state index in [1.54, 1.807) is 17.9 Å². The molecule has 184 valence electrons. The van der Waals surface area contributed by atoms with Crippen LogP contribution in [0.2, 0.25) is 5.02 Å². The molecule has 0 spiro atoms. The Morgan fingerprint density at radius 2 is 1.91 bits per heavy atom. The number of rotatable bonds is 3. The van der Waals surface area contributed by atoms with Crippen molar-refractivity contribution in [3.63, 3.8) is 0 Å². The Morgan fingerprint density at radius 3 is 2.68 bits per heavy atom. The molecule has 1 aromatic carbocycles. The third-order valence-electron chi connectivity index (χ3n) is 5.71. The number of carbonyl (C=O) groups excluding carboxylic acids is 2. The highest BCUT2D eigenvalue weighted by atomic mass is 35.5. The van der Waals surface area contributed by atoms with Gasteiger partial charge in [0.05, 0.1) is 10.7 Å². The molecule has 0 unspecified atom stereocenters. The van der Waals surface area contributed by atoms with E-state index < -0.39 is 17.8 Å². The van der Waals surface area contributed by atoms with Crippen molar-refractivity contribution in [3.05, 3.63) is 46.5 Å². The SMILES string of the molecule is C[C@@H]1C/C=C/CC/C=C/C(=NOCC(=O)N2CCCCC2)Cc2c(Cl)c(O)cc(O)c2C(=O)O1. The predicted molar refractivity (Wildman–Crippen MR) is 129 cm³/mol. The van der Waals surface area contributed by atoms with Crippen LogP contribution in [0.1, 0.15) is 61.4 Å². The van der Waals surface area contributed by atoms with Crippen molar-refractivity contribution in [2.45, 2.75) is 58.0 Å². The van der Waals surface area contributed by atoms with Crippen molar-refractivity contribution in [3.8, 4) is 11.5 Å². The van der Waals surface area contributed by atoms with Gasteiger partial charge in [0.15, 0.2) is 6.61 Å². The Labute approximate surface area is 204 Å². The first kappa shape index (κ1) is 25.6. The van der Waals surface area contributed by atoms with Crippen LogP contribution in [0.4, 0.5) is 0 Å². The number of oxime groups is 1. The molecule has 34 heavy (non-hydrogen) atoms. The number of aromatic hydroxyl groups is 2. The van der Waals surface area contributed by atoms with Gasteiger partial charge in [-0.1, -0.05) is 35.0 Å². The van der Waals surface area contributed by atoms with Gasteiger partial charge >= 0.3 is 5.97 Å². The van der Waals surface area contributed by atoms with Crippen LogP contribution in [0.15, 0.2) is 35.5 Å². The summed E-state index contributed by atoms with van der Waals surface area (Å²) in [6, 6.07) is 1.01. The number of halogens is 1. The highest BCUT2D eigenvalue weighted by molar-refractivity contribution is 6.33. The summed E-state index contributed by atoms with van der Waals surface area (Å²) in [5.41, 5.74) is 0.404. The van der Waals surface area contributed by atoms with Crippen LogP contribution < -0.4 is 0 Å². The largest absolute Gasteiger partial charge is 0.507 e. The highest BCUT2D eigenvalue weighted by Gasteiger charge is 2.26. The van der Waals surface area contributed by atoms with Crippen LogP contribution >= 0.6 is 11.6 Å². The lowest BCUT2D eigenvalue weighted by Crippen LogP contribution is -2.37. The summed E-state index contributed by atoms with van der Waals surface area (Å²) < 4.78 is 5.48. The van der Waals surface area contributed by atoms with E-state index in [4.69, 9.17) is 21.2 Å². The number of cyclic esters (lactones) is 1. The third-order valence-corrected chi connectivity index (χ3v) is 6.14. The lowest BCUT2D eigenvalue weighted by atomic mass is 9.99. The van der Waals surface area contributed by atoms with Crippen molar-refractivity contribution in [1.29, 1.82) is 0 Å². The number of ether oxygens (including phenoxy) is 1. The maximum absolute atomic E-state index is 12.9. The number of benzene rings is 1. The number of allylic oxidation sites excluding steroid dienone is 3. The normalized spacial score (nSPS) is 22.9. The van der Waals surface area contributed by atoms with E-state index >= 15 is 0 Å². The van der Waals surface area contributed by atoms with E-state index in [0.29, 0.717) is 25.2 Å². The summed E-state index contributed by atoms with van der Waals surface area (Å²) in [7, 11) is 0. The van der Waals surface area contributed by atoms with Crippen molar-refractivity contribution < 1.29 is 29.4 Å². The number of phenolic OH excluding ortho intramolecular Hbond substituents is 2. The van der Waals surface area contributed by atoms with Gasteiger partial charge in [-0.25, -0.2) is 4.79 Å². The molecule has 0 saturated carbocycles. The molecule has 2 aliphatic rings. The molecule has 9 heteroatoms. The Kier molecular flexibility index (Phi) is 9.39. The van der Waals surface area contributed by atoms with Gasteiger partial charge < -0.3 is 24.7 Å². The first-order chi connectivity index (χ1) is 16.4. The zero-order valence-electron chi connectivity index (χ0n) is 19.3. The topological polar surface area (TPSA) is 109 Å². The maximum Gasteiger partial charge on any atom is 0.342 e. The van der Waals surface area contributed by atoms with Gasteiger partial charge in [-0.2, -0.15) is 0 Å². The first-order valence-corrected chi connectivity index (χ1v) is 12.0. The standard InChI is InChI=1S/C25H31ClN2O6/c1-17-10-6-3-2-4-7-11-18(27-33-16-22(31)28-12-8-5-9-13-28)14-19-23(25(32)34-17)20(29)15-21(30)24(19)26/h3,6-7,11,15,17,29-30H,2,4-5,8-10,12-14,16H2,1H3/b6-3+,11-7+,27-18?/t17-/m1/s1. The summed E-state index contributed by atoms with van der Waals surface area (Å²) in [5.74, 6) is -1.70. The molecule has 0 radical (unpaired) electrons. The fourth-order valence-electron chi connectivity index (χ4n) is 3.89. The van der Waals surface area contributed by atoms with Crippen molar-refractivity contribution in [2.24, 2.45) is 5.16 Å². The lowest BCUT2D eigenvalue weighted by molar-refractivity contribution is -0.137. The molecule has 1 amide bonds. The molecule has 8 nitrogen and oxygen atoms in total. The fraction of sp³-hybridized carbons (Fsp3) is 0.480. The smallest absolute Gasteiger partial charge is 0.342 e. The number of hydrogen-bond acceptors (Lipinski definition) is 7. The number of nitrogens with zero attached hydrogens (tertiary/aromatic N) is 2. The number of fused-ring (bicyclic) bond motifs is 1. The average Bonchev–Trinajstić information content (AvgIpc) is 2.81. The molecule has 1 aromatic rings. The van der Waals surface area contributed by atoms with E-state index in [0.717, 1.165) is 38.2 Å². The number of likely N-dealkylation sites (tertiary alicyclic amines) is 1. The minimum atomic E-state index is -0.753. The third kappa shape index (κ3) is 7.00. The number of esters is 1. The van der Waals surface area contributed by atoms with Crippen molar-refractivity contribution in [1.82, 2.24) is 4.90 Å². The van der Waals surface area contributed by atoms with Crippen LogP contribution in [0.3, 0.4) is 0 Å². The lowest BCUT2D eigenvalue weighted by Gasteiger charge is -2.26. The molecule has 2 aliphatic heterocycles. The van der Waals surface area contributed by atoms with Gasteiger partial charge in [-0.05, 0) is 50.7 Å². The first-order valence-electron chi connectivity index (χ1n) is 11.6. The van der Waals surface area contributed by atoms with E-state index in [2.05, 4.69) is 5.16 Å². The van der Waals surface area contributed by atoms with Gasteiger partial charge in [0.2, 0.25) is 0 Å². The molecule has 0 bridgehead atoms. The minimum Gasteiger partial charge on any atom is -0.507 e. The molecular weight excluding hydrogens is 460 g/mol. The van der Waals surface area contributed by atoms with Gasteiger partial charge in [-0.15, -0.1) is 0 Å². The molecule has 1 fully saturated rings. The van der Waals surface area contributed by atoms with Gasteiger partial charge in [-0.3, -0.25) is 4.79 Å². The summed E-state index contributed by atoms with van der Waals surface area (Å²) in [5, 5.41) is 24.6. The molecule has 2 heterocycles. The summed E-state index contributed by atoms with van der Waals surface area (Å²) >= 11 is 6.33. The highest BCUT2D eigenvalue weighted by Crippen LogP contribution is 2.37. The summed E-state index contributed by atoms with van der Waals surface area (Å²) in [6.45, 7) is 2.99. The van der Waals surface area contributed by atoms with Crippen LogP contribution in [-0.2, 0) is 20.8 Å². The van der Waals surface area contributed by atoms with Crippen molar-refractivity contribution >= 4 is 29.2 Å². The molecule has 2 N–H and O–H groups in total. The second-order valence-electron chi connectivity index (χ2n) is 8.46. The Bertz CT molecular complexity index is 982. The average molecular weight is 491 g/mol. The van der Waals surface area contributed by atoms with E-state index in [1.165, 1.54) is 0 Å². The van der Waals surface area contributed by atoms with Gasteiger partial charge in [0, 0.05) is 32.0 Å². The Morgan fingerprint density at radius 1 is 1.18 bits per heavy atom. The Balaban J connectivity index is 1.88. The van der Waals surface area contributed by atoms with Gasteiger partial charge in [0.1, 0.15) is 23.2 Å². The number of piperidine rings is 1. The summed E-state index contributed by atoms with van der Waals surface area (Å²) in [4.78, 5) is 32.4. The zero-order chi connectivity index (χ0) is 24.5. The second-order valence-corrected chi connectivity index (χ2v) is 8.84. The monoisotopic (exact) mass is 490 g/mol. The molecule has 1 atom stereocenters. The Hall–Kier alpha value is -3.00. The van der Waals surface area contributed by atoms with E-state index in [1.807, 2.05) is 18.2 Å². The van der Waals surface area contributed by atoms with Crippen LogP contribution in [-0.4, -0.2) is 58.5 Å². The van der Waals surface area contributed by atoms with Crippen LogP contribution in [0.5, 0.6) is 11.5 Å². The van der Waals surface area contributed by atoms with Gasteiger partial charge in [0.25, 0.3) is 5.91 Å².